The second kappa shape index (κ2) is 6.68. The van der Waals surface area contributed by atoms with Crippen LogP contribution in [-0.4, -0.2) is 24.3 Å². The van der Waals surface area contributed by atoms with Crippen molar-refractivity contribution >= 4 is 27.4 Å². The first kappa shape index (κ1) is 14.8. The van der Waals surface area contributed by atoms with E-state index in [9.17, 15) is 4.79 Å². The minimum atomic E-state index is 0.127. The van der Waals surface area contributed by atoms with Crippen LogP contribution in [0.25, 0.3) is 0 Å². The van der Waals surface area contributed by atoms with Crippen molar-refractivity contribution in [2.75, 3.05) is 19.3 Å². The number of hydrogen-bond acceptors (Lipinski definition) is 3. The van der Waals surface area contributed by atoms with E-state index >= 15 is 0 Å². The van der Waals surface area contributed by atoms with E-state index < -0.39 is 0 Å². The Morgan fingerprint density at radius 3 is 2.55 bits per heavy atom. The van der Waals surface area contributed by atoms with E-state index in [2.05, 4.69) is 15.9 Å². The molecule has 2 rings (SSSR count). The van der Waals surface area contributed by atoms with Crippen LogP contribution >= 0.6 is 15.9 Å². The Morgan fingerprint density at radius 2 is 1.90 bits per heavy atom. The molecule has 0 unspecified atom stereocenters. The fraction of sp³-hybridized carbons (Fsp3) is 0.188. The van der Waals surface area contributed by atoms with Crippen molar-refractivity contribution in [3.8, 4) is 0 Å². The summed E-state index contributed by atoms with van der Waals surface area (Å²) in [5.74, 6) is 0.127. The number of nitrogens with zero attached hydrogens (tertiary/aromatic N) is 1. The second-order valence-corrected chi connectivity index (χ2v) is 5.67. The van der Waals surface area contributed by atoms with Gasteiger partial charge >= 0.3 is 0 Å². The molecular weight excluding hydrogens is 316 g/mol. The molecule has 2 aromatic rings. The first-order valence-corrected chi connectivity index (χ1v) is 7.16. The highest BCUT2D eigenvalue weighted by Crippen LogP contribution is 2.21. The number of benzene rings is 2. The SMILES string of the molecule is CN(CC(=O)c1ccccc1)Cc1ccc(N)c(Br)c1. The Balaban J connectivity index is 1.97. The van der Waals surface area contributed by atoms with Crippen LogP contribution in [0.5, 0.6) is 0 Å². The second-order valence-electron chi connectivity index (χ2n) is 4.82. The van der Waals surface area contributed by atoms with Crippen molar-refractivity contribution in [1.82, 2.24) is 4.90 Å². The predicted octanol–water partition coefficient (Wildman–Crippen LogP) is 3.35. The van der Waals surface area contributed by atoms with Gasteiger partial charge in [0.2, 0.25) is 0 Å². The first-order chi connectivity index (χ1) is 9.56. The minimum absolute atomic E-state index is 0.127. The zero-order valence-electron chi connectivity index (χ0n) is 11.3. The van der Waals surface area contributed by atoms with E-state index in [1.165, 1.54) is 0 Å². The topological polar surface area (TPSA) is 46.3 Å². The van der Waals surface area contributed by atoms with Gasteiger partial charge in [-0.1, -0.05) is 36.4 Å². The molecule has 0 amide bonds. The van der Waals surface area contributed by atoms with E-state index in [0.29, 0.717) is 13.1 Å². The minimum Gasteiger partial charge on any atom is -0.398 e. The molecule has 0 aliphatic carbocycles. The normalized spacial score (nSPS) is 10.8. The van der Waals surface area contributed by atoms with Gasteiger partial charge in [0.15, 0.2) is 5.78 Å². The smallest absolute Gasteiger partial charge is 0.176 e. The van der Waals surface area contributed by atoms with Gasteiger partial charge < -0.3 is 5.73 Å². The average Bonchev–Trinajstić information content (AvgIpc) is 2.44. The summed E-state index contributed by atoms with van der Waals surface area (Å²) in [6.45, 7) is 1.10. The Labute approximate surface area is 127 Å². The van der Waals surface area contributed by atoms with E-state index in [1.54, 1.807) is 0 Å². The Hall–Kier alpha value is -1.65. The molecule has 0 spiro atoms. The summed E-state index contributed by atoms with van der Waals surface area (Å²) in [6, 6.07) is 15.2. The number of carbonyl (C=O) groups is 1. The van der Waals surface area contributed by atoms with Crippen molar-refractivity contribution in [2.24, 2.45) is 0 Å². The molecule has 0 atom stereocenters. The average molecular weight is 333 g/mol. The maximum atomic E-state index is 12.1. The molecule has 0 saturated heterocycles. The molecule has 0 aliphatic rings. The summed E-state index contributed by atoms with van der Waals surface area (Å²) in [7, 11) is 1.94. The number of anilines is 1. The lowest BCUT2D eigenvalue weighted by atomic mass is 10.1. The fourth-order valence-electron chi connectivity index (χ4n) is 2.00. The summed E-state index contributed by atoms with van der Waals surface area (Å²) in [6.07, 6.45) is 0. The van der Waals surface area contributed by atoms with Crippen LogP contribution in [0.3, 0.4) is 0 Å². The lowest BCUT2D eigenvalue weighted by molar-refractivity contribution is 0.0943. The van der Waals surface area contributed by atoms with Crippen LogP contribution in [-0.2, 0) is 6.54 Å². The van der Waals surface area contributed by atoms with Gasteiger partial charge in [0.25, 0.3) is 0 Å². The maximum absolute atomic E-state index is 12.1. The Kier molecular flexibility index (Phi) is 4.93. The summed E-state index contributed by atoms with van der Waals surface area (Å²) in [4.78, 5) is 14.1. The maximum Gasteiger partial charge on any atom is 0.176 e. The Bertz CT molecular complexity index is 599. The van der Waals surface area contributed by atoms with E-state index in [0.717, 1.165) is 21.3 Å². The highest BCUT2D eigenvalue weighted by Gasteiger charge is 2.09. The first-order valence-electron chi connectivity index (χ1n) is 6.37. The number of ketones is 1. The number of carbonyl (C=O) groups excluding carboxylic acids is 1. The van der Waals surface area contributed by atoms with Gasteiger partial charge in [0, 0.05) is 22.3 Å². The van der Waals surface area contributed by atoms with Crippen molar-refractivity contribution in [3.63, 3.8) is 0 Å². The van der Waals surface area contributed by atoms with Crippen molar-refractivity contribution < 1.29 is 4.79 Å². The van der Waals surface area contributed by atoms with Crippen LogP contribution in [0.15, 0.2) is 53.0 Å². The fourth-order valence-corrected chi connectivity index (χ4v) is 2.42. The van der Waals surface area contributed by atoms with Crippen LogP contribution in [0.4, 0.5) is 5.69 Å². The third-order valence-electron chi connectivity index (χ3n) is 3.03. The van der Waals surface area contributed by atoms with Crippen molar-refractivity contribution in [2.45, 2.75) is 6.54 Å². The van der Waals surface area contributed by atoms with Gasteiger partial charge in [-0.3, -0.25) is 9.69 Å². The van der Waals surface area contributed by atoms with Crippen LogP contribution < -0.4 is 5.73 Å². The lowest BCUT2D eigenvalue weighted by Gasteiger charge is -2.16. The van der Waals surface area contributed by atoms with Crippen LogP contribution in [0.1, 0.15) is 15.9 Å². The summed E-state index contributed by atoms with van der Waals surface area (Å²) in [5, 5.41) is 0. The van der Waals surface area contributed by atoms with Crippen LogP contribution in [0.2, 0.25) is 0 Å². The van der Waals surface area contributed by atoms with Crippen molar-refractivity contribution in [1.29, 1.82) is 0 Å². The van der Waals surface area contributed by atoms with Gasteiger partial charge in [0.1, 0.15) is 0 Å². The molecule has 0 radical (unpaired) electrons. The summed E-state index contributed by atoms with van der Waals surface area (Å²) >= 11 is 3.41. The zero-order valence-corrected chi connectivity index (χ0v) is 12.9. The molecule has 20 heavy (non-hydrogen) atoms. The number of nitrogens with two attached hydrogens (primary N) is 1. The molecule has 0 saturated carbocycles. The largest absolute Gasteiger partial charge is 0.398 e. The highest BCUT2D eigenvalue weighted by molar-refractivity contribution is 9.10. The standard InChI is InChI=1S/C16H17BrN2O/c1-19(10-12-7-8-15(18)14(17)9-12)11-16(20)13-5-3-2-4-6-13/h2-9H,10-11,18H2,1H3. The van der Waals surface area contributed by atoms with Crippen molar-refractivity contribution in [3.05, 3.63) is 64.1 Å². The van der Waals surface area contributed by atoms with E-state index in [1.807, 2.05) is 60.5 Å². The van der Waals surface area contributed by atoms with Gasteiger partial charge in [-0.05, 0) is 40.7 Å². The molecule has 0 aliphatic heterocycles. The third kappa shape index (κ3) is 3.92. The number of halogens is 1. The monoisotopic (exact) mass is 332 g/mol. The molecule has 3 nitrogen and oxygen atoms in total. The lowest BCUT2D eigenvalue weighted by Crippen LogP contribution is -2.25. The molecule has 0 heterocycles. The van der Waals surface area contributed by atoms with E-state index in [-0.39, 0.29) is 5.78 Å². The number of nitrogen functional groups attached to an aromatic ring is 1. The quantitative estimate of drug-likeness (QED) is 0.674. The van der Waals surface area contributed by atoms with Gasteiger partial charge in [-0.15, -0.1) is 0 Å². The molecule has 0 aromatic heterocycles. The Morgan fingerprint density at radius 1 is 1.20 bits per heavy atom. The third-order valence-corrected chi connectivity index (χ3v) is 3.71. The number of likely N-dealkylation sites (N-methyl/N-ethyl adjacent to an activating group) is 1. The van der Waals surface area contributed by atoms with E-state index in [4.69, 9.17) is 5.73 Å². The number of hydrogen-bond donors (Lipinski definition) is 1. The molecular formula is C16H17BrN2O. The molecule has 0 fully saturated rings. The summed E-state index contributed by atoms with van der Waals surface area (Å²) < 4.78 is 0.887. The van der Waals surface area contributed by atoms with Gasteiger partial charge in [0.05, 0.1) is 6.54 Å². The predicted molar refractivity (Wildman–Crippen MR) is 85.7 cm³/mol. The summed E-state index contributed by atoms with van der Waals surface area (Å²) in [5.41, 5.74) is 8.35. The van der Waals surface area contributed by atoms with Gasteiger partial charge in [-0.2, -0.15) is 0 Å². The zero-order chi connectivity index (χ0) is 14.5. The van der Waals surface area contributed by atoms with Gasteiger partial charge in [-0.25, -0.2) is 0 Å². The molecule has 4 heteroatoms. The number of rotatable bonds is 5. The highest BCUT2D eigenvalue weighted by atomic mass is 79.9. The molecule has 2 aromatic carbocycles. The molecule has 104 valence electrons. The number of Topliss-reactive ketones (excluding diaryl/α,β-unsaturated/α-hetero) is 1. The van der Waals surface area contributed by atoms with Crippen LogP contribution in [0, 0.1) is 0 Å². The molecule has 0 bridgehead atoms. The molecule has 2 N–H and O–H groups in total.